The zero-order valence-electron chi connectivity index (χ0n) is 9.90. The van der Waals surface area contributed by atoms with Crippen molar-refractivity contribution in [2.75, 3.05) is 27.4 Å². The number of halogens is 1. The van der Waals surface area contributed by atoms with Crippen LogP contribution in [0.25, 0.3) is 0 Å². The molecule has 4 nitrogen and oxygen atoms in total. The number of nitrogens with one attached hydrogen (secondary N) is 1. The molecule has 1 N–H and O–H groups in total. The molecule has 0 aliphatic carbocycles. The summed E-state index contributed by atoms with van der Waals surface area (Å²) in [6.07, 6.45) is 0. The van der Waals surface area contributed by atoms with Gasteiger partial charge in [-0.2, -0.15) is 0 Å². The van der Waals surface area contributed by atoms with E-state index >= 15 is 0 Å². The highest BCUT2D eigenvalue weighted by molar-refractivity contribution is 9.10. The second-order valence-electron chi connectivity index (χ2n) is 3.59. The second-order valence-corrected chi connectivity index (χ2v) is 4.50. The first kappa shape index (κ1) is 14.2. The van der Waals surface area contributed by atoms with Gasteiger partial charge in [0.1, 0.15) is 0 Å². The van der Waals surface area contributed by atoms with Crippen molar-refractivity contribution < 1.29 is 14.3 Å². The van der Waals surface area contributed by atoms with Crippen LogP contribution in [0.5, 0.6) is 0 Å². The second kappa shape index (κ2) is 7.42. The Kier molecular flexibility index (Phi) is 6.18. The van der Waals surface area contributed by atoms with Gasteiger partial charge in [0.25, 0.3) is 5.91 Å². The van der Waals surface area contributed by atoms with E-state index in [0.29, 0.717) is 18.8 Å². The van der Waals surface area contributed by atoms with Gasteiger partial charge < -0.3 is 14.8 Å². The number of ether oxygens (including phenoxy) is 2. The molecule has 1 rings (SSSR count). The molecule has 0 bridgehead atoms. The number of amides is 1. The standard InChI is InChI=1S/C12H16BrNO3/c1-16-7-11(8-17-2)14-12(15)9-3-5-10(13)6-4-9/h3-6,11H,7-8H2,1-2H3,(H,14,15). The summed E-state index contributed by atoms with van der Waals surface area (Å²) >= 11 is 3.32. The third-order valence-corrected chi connectivity index (χ3v) is 2.71. The molecular formula is C12H16BrNO3. The highest BCUT2D eigenvalue weighted by Crippen LogP contribution is 2.10. The lowest BCUT2D eigenvalue weighted by atomic mass is 10.2. The van der Waals surface area contributed by atoms with Crippen molar-refractivity contribution in [2.24, 2.45) is 0 Å². The van der Waals surface area contributed by atoms with Crippen LogP contribution in [0.15, 0.2) is 28.7 Å². The Morgan fingerprint density at radius 1 is 1.24 bits per heavy atom. The Labute approximate surface area is 109 Å². The van der Waals surface area contributed by atoms with Crippen molar-refractivity contribution in [1.82, 2.24) is 5.32 Å². The molecule has 0 spiro atoms. The molecule has 94 valence electrons. The van der Waals surface area contributed by atoms with E-state index in [-0.39, 0.29) is 11.9 Å². The van der Waals surface area contributed by atoms with Crippen LogP contribution in [0, 0.1) is 0 Å². The number of rotatable bonds is 6. The Hall–Kier alpha value is -0.910. The lowest BCUT2D eigenvalue weighted by Gasteiger charge is -2.16. The van der Waals surface area contributed by atoms with E-state index in [2.05, 4.69) is 21.2 Å². The van der Waals surface area contributed by atoms with Gasteiger partial charge in [0.05, 0.1) is 19.3 Å². The van der Waals surface area contributed by atoms with Crippen LogP contribution in [0.3, 0.4) is 0 Å². The molecule has 0 heterocycles. The number of methoxy groups -OCH3 is 2. The van der Waals surface area contributed by atoms with E-state index in [0.717, 1.165) is 4.47 Å². The van der Waals surface area contributed by atoms with Crippen molar-refractivity contribution in [3.05, 3.63) is 34.3 Å². The monoisotopic (exact) mass is 301 g/mol. The smallest absolute Gasteiger partial charge is 0.251 e. The molecule has 17 heavy (non-hydrogen) atoms. The van der Waals surface area contributed by atoms with Gasteiger partial charge in [-0.1, -0.05) is 15.9 Å². The van der Waals surface area contributed by atoms with E-state index in [1.165, 1.54) is 0 Å². The minimum Gasteiger partial charge on any atom is -0.382 e. The zero-order valence-corrected chi connectivity index (χ0v) is 11.5. The molecule has 0 aliphatic rings. The number of hydrogen-bond acceptors (Lipinski definition) is 3. The lowest BCUT2D eigenvalue weighted by Crippen LogP contribution is -2.41. The molecule has 0 unspecified atom stereocenters. The fourth-order valence-corrected chi connectivity index (χ4v) is 1.67. The zero-order chi connectivity index (χ0) is 12.7. The third kappa shape index (κ3) is 4.85. The molecule has 5 heteroatoms. The molecule has 0 atom stereocenters. The summed E-state index contributed by atoms with van der Waals surface area (Å²) in [5.74, 6) is -0.128. The molecule has 1 amide bonds. The minimum absolute atomic E-state index is 0.128. The lowest BCUT2D eigenvalue weighted by molar-refractivity contribution is 0.0779. The summed E-state index contributed by atoms with van der Waals surface area (Å²) in [6, 6.07) is 7.04. The normalized spacial score (nSPS) is 10.6. The maximum Gasteiger partial charge on any atom is 0.251 e. The minimum atomic E-state index is -0.138. The third-order valence-electron chi connectivity index (χ3n) is 2.18. The van der Waals surface area contributed by atoms with Gasteiger partial charge in [-0.15, -0.1) is 0 Å². The highest BCUT2D eigenvalue weighted by Gasteiger charge is 2.13. The molecular weight excluding hydrogens is 286 g/mol. The predicted octanol–water partition coefficient (Wildman–Crippen LogP) is 1.84. The largest absolute Gasteiger partial charge is 0.382 e. The fourth-order valence-electron chi connectivity index (χ4n) is 1.40. The van der Waals surface area contributed by atoms with Crippen molar-refractivity contribution in [1.29, 1.82) is 0 Å². The number of hydrogen-bond donors (Lipinski definition) is 1. The van der Waals surface area contributed by atoms with Crippen LogP contribution in [0.2, 0.25) is 0 Å². The molecule has 0 fully saturated rings. The molecule has 0 aliphatic heterocycles. The summed E-state index contributed by atoms with van der Waals surface area (Å²) in [7, 11) is 3.18. The van der Waals surface area contributed by atoms with Gasteiger partial charge in [0, 0.05) is 24.3 Å². The summed E-state index contributed by atoms with van der Waals surface area (Å²) < 4.78 is 11.0. The van der Waals surface area contributed by atoms with Gasteiger partial charge >= 0.3 is 0 Å². The fraction of sp³-hybridized carbons (Fsp3) is 0.417. The SMILES string of the molecule is COCC(COC)NC(=O)c1ccc(Br)cc1. The van der Waals surface area contributed by atoms with E-state index in [1.807, 2.05) is 12.1 Å². The molecule has 1 aromatic rings. The van der Waals surface area contributed by atoms with Crippen molar-refractivity contribution in [2.45, 2.75) is 6.04 Å². The first-order valence-corrected chi connectivity index (χ1v) is 6.01. The first-order valence-electron chi connectivity index (χ1n) is 5.21. The summed E-state index contributed by atoms with van der Waals surface area (Å²) in [5.41, 5.74) is 0.616. The Bertz CT molecular complexity index is 347. The van der Waals surface area contributed by atoms with E-state index in [4.69, 9.17) is 9.47 Å². The predicted molar refractivity (Wildman–Crippen MR) is 69.1 cm³/mol. The van der Waals surface area contributed by atoms with E-state index in [9.17, 15) is 4.79 Å². The van der Waals surface area contributed by atoms with Crippen molar-refractivity contribution >= 4 is 21.8 Å². The average Bonchev–Trinajstić information content (AvgIpc) is 2.30. The number of benzene rings is 1. The van der Waals surface area contributed by atoms with Crippen molar-refractivity contribution in [3.8, 4) is 0 Å². The molecule has 0 radical (unpaired) electrons. The van der Waals surface area contributed by atoms with Gasteiger partial charge in [-0.3, -0.25) is 4.79 Å². The summed E-state index contributed by atoms with van der Waals surface area (Å²) in [6.45, 7) is 0.853. The van der Waals surface area contributed by atoms with E-state index < -0.39 is 0 Å². The van der Waals surface area contributed by atoms with Crippen LogP contribution in [0.1, 0.15) is 10.4 Å². The molecule has 0 saturated heterocycles. The van der Waals surface area contributed by atoms with Gasteiger partial charge in [-0.25, -0.2) is 0 Å². The summed E-state index contributed by atoms with van der Waals surface area (Å²) in [5, 5.41) is 2.85. The number of carbonyl (C=O) groups is 1. The average molecular weight is 302 g/mol. The first-order chi connectivity index (χ1) is 8.17. The van der Waals surface area contributed by atoms with Crippen molar-refractivity contribution in [3.63, 3.8) is 0 Å². The van der Waals surface area contributed by atoms with Crippen LogP contribution in [-0.2, 0) is 9.47 Å². The quantitative estimate of drug-likeness (QED) is 0.872. The van der Waals surface area contributed by atoms with Crippen LogP contribution in [0.4, 0.5) is 0 Å². The van der Waals surface area contributed by atoms with Crippen LogP contribution >= 0.6 is 15.9 Å². The number of carbonyl (C=O) groups excluding carboxylic acids is 1. The van der Waals surface area contributed by atoms with Gasteiger partial charge in [-0.05, 0) is 24.3 Å². The Morgan fingerprint density at radius 2 is 1.76 bits per heavy atom. The molecule has 0 aromatic heterocycles. The highest BCUT2D eigenvalue weighted by atomic mass is 79.9. The molecule has 0 saturated carbocycles. The van der Waals surface area contributed by atoms with Gasteiger partial charge in [0.2, 0.25) is 0 Å². The maximum absolute atomic E-state index is 11.9. The van der Waals surface area contributed by atoms with Crippen LogP contribution < -0.4 is 5.32 Å². The maximum atomic E-state index is 11.9. The Balaban J connectivity index is 2.60. The molecule has 1 aromatic carbocycles. The van der Waals surface area contributed by atoms with Gasteiger partial charge in [0.15, 0.2) is 0 Å². The summed E-state index contributed by atoms with van der Waals surface area (Å²) in [4.78, 5) is 11.9. The van der Waals surface area contributed by atoms with E-state index in [1.54, 1.807) is 26.4 Å². The van der Waals surface area contributed by atoms with Crippen LogP contribution in [-0.4, -0.2) is 39.4 Å². The topological polar surface area (TPSA) is 47.6 Å². The Morgan fingerprint density at radius 3 is 2.24 bits per heavy atom.